The second-order valence-corrected chi connectivity index (χ2v) is 6.41. The van der Waals surface area contributed by atoms with E-state index in [9.17, 15) is 4.79 Å². The zero-order chi connectivity index (χ0) is 15.9. The molecule has 0 bridgehead atoms. The normalized spacial score (nSPS) is 11.5. The van der Waals surface area contributed by atoms with Crippen LogP contribution in [0.3, 0.4) is 0 Å². The van der Waals surface area contributed by atoms with Gasteiger partial charge < -0.3 is 4.98 Å². The number of aromatic nitrogens is 3. The van der Waals surface area contributed by atoms with Gasteiger partial charge in [0.05, 0.1) is 5.39 Å². The summed E-state index contributed by atoms with van der Waals surface area (Å²) >= 11 is 6.09. The summed E-state index contributed by atoms with van der Waals surface area (Å²) < 4.78 is 1.74. The summed E-state index contributed by atoms with van der Waals surface area (Å²) in [7, 11) is 0. The van der Waals surface area contributed by atoms with Crippen LogP contribution in [0.5, 0.6) is 0 Å². The largest absolute Gasteiger partial charge is 0.343 e. The zero-order valence-electron chi connectivity index (χ0n) is 12.9. The summed E-state index contributed by atoms with van der Waals surface area (Å²) in [6.45, 7) is 6.71. The van der Waals surface area contributed by atoms with E-state index in [1.807, 2.05) is 37.3 Å². The molecule has 0 aliphatic rings. The van der Waals surface area contributed by atoms with Gasteiger partial charge in [-0.2, -0.15) is 0 Å². The highest BCUT2D eigenvalue weighted by Gasteiger charge is 2.15. The van der Waals surface area contributed by atoms with Crippen LogP contribution in [0, 0.1) is 12.8 Å². The highest BCUT2D eigenvalue weighted by Crippen LogP contribution is 2.23. The van der Waals surface area contributed by atoms with E-state index in [4.69, 9.17) is 11.6 Å². The van der Waals surface area contributed by atoms with Gasteiger partial charge in [0.1, 0.15) is 11.5 Å². The van der Waals surface area contributed by atoms with Crippen LogP contribution in [-0.2, 0) is 6.54 Å². The van der Waals surface area contributed by atoms with Gasteiger partial charge in [-0.1, -0.05) is 37.6 Å². The van der Waals surface area contributed by atoms with Crippen molar-refractivity contribution in [2.45, 2.75) is 27.3 Å². The third-order valence-electron chi connectivity index (χ3n) is 3.51. The van der Waals surface area contributed by atoms with Gasteiger partial charge in [0.15, 0.2) is 0 Å². The number of fused-ring (bicyclic) bond motifs is 1. The van der Waals surface area contributed by atoms with Crippen LogP contribution in [0.25, 0.3) is 22.4 Å². The second kappa shape index (κ2) is 5.61. The first-order valence-corrected chi connectivity index (χ1v) is 7.69. The zero-order valence-corrected chi connectivity index (χ0v) is 13.6. The molecule has 0 spiro atoms. The van der Waals surface area contributed by atoms with E-state index in [2.05, 4.69) is 23.8 Å². The van der Waals surface area contributed by atoms with E-state index in [0.29, 0.717) is 34.3 Å². The lowest BCUT2D eigenvalue weighted by atomic mass is 10.1. The Labute approximate surface area is 133 Å². The highest BCUT2D eigenvalue weighted by molar-refractivity contribution is 6.30. The molecule has 3 aromatic rings. The second-order valence-electron chi connectivity index (χ2n) is 5.97. The minimum absolute atomic E-state index is 0.0157. The lowest BCUT2D eigenvalue weighted by molar-refractivity contribution is 0.513. The van der Waals surface area contributed by atoms with Crippen molar-refractivity contribution < 1.29 is 0 Å². The van der Waals surface area contributed by atoms with Crippen molar-refractivity contribution >= 4 is 22.6 Å². The molecule has 0 aliphatic heterocycles. The summed E-state index contributed by atoms with van der Waals surface area (Å²) in [4.78, 5) is 20.6. The first-order chi connectivity index (χ1) is 10.5. The Hall–Kier alpha value is -2.07. The van der Waals surface area contributed by atoms with Gasteiger partial charge in [-0.3, -0.25) is 9.36 Å². The molecule has 2 heterocycles. The molecule has 5 heteroatoms. The Bertz CT molecular complexity index is 893. The van der Waals surface area contributed by atoms with Crippen LogP contribution in [0.15, 0.2) is 35.1 Å². The molecule has 114 valence electrons. The summed E-state index contributed by atoms with van der Waals surface area (Å²) in [6.07, 6.45) is 0. The maximum atomic E-state index is 12.8. The van der Waals surface area contributed by atoms with E-state index in [0.717, 1.165) is 11.3 Å². The van der Waals surface area contributed by atoms with Crippen molar-refractivity contribution in [2.75, 3.05) is 0 Å². The van der Waals surface area contributed by atoms with Gasteiger partial charge in [-0.25, -0.2) is 4.98 Å². The van der Waals surface area contributed by atoms with Gasteiger partial charge in [0, 0.05) is 22.8 Å². The number of aryl methyl sites for hydroxylation is 1. The third-order valence-corrected chi connectivity index (χ3v) is 3.75. The van der Waals surface area contributed by atoms with E-state index < -0.39 is 0 Å². The standard InChI is InChI=1S/C17H18ClN3O/c1-10(2)9-21-16(12-5-4-6-13(18)8-12)20-15-14(17(21)22)7-11(3)19-15/h4-8,10,19H,9H2,1-3H3. The van der Waals surface area contributed by atoms with Gasteiger partial charge in [0.25, 0.3) is 5.56 Å². The fourth-order valence-electron chi connectivity index (χ4n) is 2.62. The van der Waals surface area contributed by atoms with E-state index in [1.54, 1.807) is 4.57 Å². The smallest absolute Gasteiger partial charge is 0.263 e. The predicted octanol–water partition coefficient (Wildman–Crippen LogP) is 4.01. The fourth-order valence-corrected chi connectivity index (χ4v) is 2.81. The number of nitrogens with one attached hydrogen (secondary N) is 1. The molecule has 4 nitrogen and oxygen atoms in total. The van der Waals surface area contributed by atoms with Crippen LogP contribution < -0.4 is 5.56 Å². The Balaban J connectivity index is 2.33. The summed E-state index contributed by atoms with van der Waals surface area (Å²) in [5, 5.41) is 1.26. The van der Waals surface area contributed by atoms with Crippen molar-refractivity contribution in [2.24, 2.45) is 5.92 Å². The minimum atomic E-state index is -0.0157. The fraction of sp³-hybridized carbons (Fsp3) is 0.294. The number of rotatable bonds is 3. The van der Waals surface area contributed by atoms with Crippen LogP contribution in [0.4, 0.5) is 0 Å². The van der Waals surface area contributed by atoms with Crippen LogP contribution in [-0.4, -0.2) is 14.5 Å². The number of nitrogens with zero attached hydrogens (tertiary/aromatic N) is 2. The Morgan fingerprint density at radius 2 is 2.09 bits per heavy atom. The average molecular weight is 316 g/mol. The predicted molar refractivity (Wildman–Crippen MR) is 90.4 cm³/mol. The van der Waals surface area contributed by atoms with Gasteiger partial charge >= 0.3 is 0 Å². The molecule has 0 saturated carbocycles. The van der Waals surface area contributed by atoms with Crippen molar-refractivity contribution in [3.63, 3.8) is 0 Å². The number of benzene rings is 1. The van der Waals surface area contributed by atoms with Crippen LogP contribution in [0.1, 0.15) is 19.5 Å². The molecule has 0 atom stereocenters. The summed E-state index contributed by atoms with van der Waals surface area (Å²) in [6, 6.07) is 9.29. The molecule has 3 rings (SSSR count). The van der Waals surface area contributed by atoms with Gasteiger partial charge in [0.2, 0.25) is 0 Å². The molecule has 1 aromatic carbocycles. The quantitative estimate of drug-likeness (QED) is 0.794. The van der Waals surface area contributed by atoms with E-state index in [-0.39, 0.29) is 5.56 Å². The molecule has 1 N–H and O–H groups in total. The molecule has 2 aromatic heterocycles. The Kier molecular flexibility index (Phi) is 3.79. The van der Waals surface area contributed by atoms with Crippen molar-refractivity contribution in [3.8, 4) is 11.4 Å². The number of hydrogen-bond donors (Lipinski definition) is 1. The number of halogens is 1. The SMILES string of the molecule is Cc1cc2c(=O)n(CC(C)C)c(-c3cccc(Cl)c3)nc2[nH]1. The summed E-state index contributed by atoms with van der Waals surface area (Å²) in [5.41, 5.74) is 2.38. The molecule has 0 fully saturated rings. The van der Waals surface area contributed by atoms with Crippen LogP contribution >= 0.6 is 11.6 Å². The Morgan fingerprint density at radius 3 is 2.77 bits per heavy atom. The maximum Gasteiger partial charge on any atom is 0.263 e. The van der Waals surface area contributed by atoms with Crippen LogP contribution in [0.2, 0.25) is 5.02 Å². The van der Waals surface area contributed by atoms with E-state index in [1.165, 1.54) is 0 Å². The number of hydrogen-bond acceptors (Lipinski definition) is 2. The van der Waals surface area contributed by atoms with Crippen molar-refractivity contribution in [1.29, 1.82) is 0 Å². The number of aromatic amines is 1. The lowest BCUT2D eigenvalue weighted by Crippen LogP contribution is -2.25. The minimum Gasteiger partial charge on any atom is -0.343 e. The lowest BCUT2D eigenvalue weighted by Gasteiger charge is -2.14. The van der Waals surface area contributed by atoms with Crippen molar-refractivity contribution in [3.05, 3.63) is 51.4 Å². The Morgan fingerprint density at radius 1 is 1.32 bits per heavy atom. The molecule has 22 heavy (non-hydrogen) atoms. The highest BCUT2D eigenvalue weighted by atomic mass is 35.5. The molecular formula is C17H18ClN3O. The molecule has 0 amide bonds. The van der Waals surface area contributed by atoms with Gasteiger partial charge in [-0.15, -0.1) is 0 Å². The summed E-state index contributed by atoms with van der Waals surface area (Å²) in [5.74, 6) is 0.991. The van der Waals surface area contributed by atoms with E-state index >= 15 is 0 Å². The molecule has 0 saturated heterocycles. The first kappa shape index (κ1) is 14.9. The maximum absolute atomic E-state index is 12.8. The van der Waals surface area contributed by atoms with Gasteiger partial charge in [-0.05, 0) is 31.0 Å². The molecular weight excluding hydrogens is 298 g/mol. The first-order valence-electron chi connectivity index (χ1n) is 7.32. The third kappa shape index (κ3) is 2.66. The molecule has 0 unspecified atom stereocenters. The topological polar surface area (TPSA) is 50.7 Å². The average Bonchev–Trinajstić information content (AvgIpc) is 2.82. The number of H-pyrrole nitrogens is 1. The molecule has 0 radical (unpaired) electrons. The molecule has 0 aliphatic carbocycles. The monoisotopic (exact) mass is 315 g/mol. The van der Waals surface area contributed by atoms with Crippen molar-refractivity contribution in [1.82, 2.24) is 14.5 Å².